The van der Waals surface area contributed by atoms with E-state index in [0.717, 1.165) is 36.9 Å². The van der Waals surface area contributed by atoms with Crippen LogP contribution in [0.15, 0.2) is 24.3 Å². The summed E-state index contributed by atoms with van der Waals surface area (Å²) in [5.74, 6) is 0.214. The zero-order valence-corrected chi connectivity index (χ0v) is 11.9. The van der Waals surface area contributed by atoms with Crippen molar-refractivity contribution in [2.24, 2.45) is 0 Å². The molecule has 0 atom stereocenters. The average Bonchev–Trinajstić information content (AvgIpc) is 2.50. The quantitative estimate of drug-likeness (QED) is 0.904. The van der Waals surface area contributed by atoms with Gasteiger partial charge in [0.1, 0.15) is 17.7 Å². The molecule has 0 saturated carbocycles. The summed E-state index contributed by atoms with van der Waals surface area (Å²) in [5, 5.41) is 12.4. The van der Waals surface area contributed by atoms with Crippen LogP contribution in [0.3, 0.4) is 0 Å². The van der Waals surface area contributed by atoms with E-state index in [1.807, 2.05) is 13.0 Å². The van der Waals surface area contributed by atoms with Gasteiger partial charge in [0, 0.05) is 11.4 Å². The minimum atomic E-state index is -0.306. The lowest BCUT2D eigenvalue weighted by atomic mass is 9.95. The summed E-state index contributed by atoms with van der Waals surface area (Å²) in [5.41, 5.74) is 4.30. The first kappa shape index (κ1) is 13.6. The van der Waals surface area contributed by atoms with Gasteiger partial charge in [0.05, 0.1) is 5.56 Å². The van der Waals surface area contributed by atoms with Crippen molar-refractivity contribution in [1.82, 2.24) is 4.98 Å². The number of benzene rings is 1. The van der Waals surface area contributed by atoms with E-state index < -0.39 is 0 Å². The van der Waals surface area contributed by atoms with Crippen LogP contribution in [-0.4, -0.2) is 4.98 Å². The minimum absolute atomic E-state index is 0.306. The first-order valence-corrected chi connectivity index (χ1v) is 7.13. The highest BCUT2D eigenvalue weighted by atomic mass is 19.1. The number of pyridine rings is 1. The molecule has 1 aliphatic rings. The second-order valence-corrected chi connectivity index (χ2v) is 5.39. The van der Waals surface area contributed by atoms with Crippen LogP contribution in [0.4, 0.5) is 15.9 Å². The molecule has 0 fully saturated rings. The third-order valence-corrected chi connectivity index (χ3v) is 3.87. The summed E-state index contributed by atoms with van der Waals surface area (Å²) in [6, 6.07) is 8.66. The maximum Gasteiger partial charge on any atom is 0.148 e. The molecule has 0 saturated heterocycles. The third-order valence-electron chi connectivity index (χ3n) is 3.87. The molecule has 1 aliphatic carbocycles. The Labute approximate surface area is 123 Å². The highest BCUT2D eigenvalue weighted by molar-refractivity contribution is 5.66. The first-order valence-electron chi connectivity index (χ1n) is 7.13. The predicted molar refractivity (Wildman–Crippen MR) is 80.0 cm³/mol. The molecule has 0 unspecified atom stereocenters. The van der Waals surface area contributed by atoms with Gasteiger partial charge in [-0.15, -0.1) is 0 Å². The van der Waals surface area contributed by atoms with E-state index in [9.17, 15) is 9.65 Å². The lowest BCUT2D eigenvalue weighted by Crippen LogP contribution is -2.09. The van der Waals surface area contributed by atoms with Crippen LogP contribution >= 0.6 is 0 Å². The standard InChI is InChI=1S/C17H16FN3/c1-11-6-7-14(18)9-16(11)21-17-13(10-19)8-12-4-2-3-5-15(12)20-17/h6-9H,2-5H2,1H3,(H,20,21). The molecule has 0 amide bonds. The van der Waals surface area contributed by atoms with Gasteiger partial charge in [-0.2, -0.15) is 5.26 Å². The lowest BCUT2D eigenvalue weighted by Gasteiger charge is -2.18. The molecule has 0 aliphatic heterocycles. The lowest BCUT2D eigenvalue weighted by molar-refractivity contribution is 0.628. The van der Waals surface area contributed by atoms with Crippen molar-refractivity contribution in [3.8, 4) is 6.07 Å². The predicted octanol–water partition coefficient (Wildman–Crippen LogP) is 4.02. The molecule has 1 heterocycles. The summed E-state index contributed by atoms with van der Waals surface area (Å²) >= 11 is 0. The summed E-state index contributed by atoms with van der Waals surface area (Å²) in [6.45, 7) is 1.90. The van der Waals surface area contributed by atoms with E-state index in [2.05, 4.69) is 16.4 Å². The second kappa shape index (κ2) is 5.53. The Kier molecular flexibility index (Phi) is 3.57. The average molecular weight is 281 g/mol. The summed E-state index contributed by atoms with van der Waals surface area (Å²) in [6.07, 6.45) is 4.20. The van der Waals surface area contributed by atoms with Crippen molar-refractivity contribution in [3.05, 3.63) is 52.5 Å². The number of nitrogens with zero attached hydrogens (tertiary/aromatic N) is 2. The Morgan fingerprint density at radius 1 is 1.24 bits per heavy atom. The molecule has 0 bridgehead atoms. The van der Waals surface area contributed by atoms with Crippen molar-refractivity contribution in [1.29, 1.82) is 5.26 Å². The maximum absolute atomic E-state index is 13.4. The number of hydrogen-bond acceptors (Lipinski definition) is 3. The third kappa shape index (κ3) is 2.73. The zero-order valence-electron chi connectivity index (χ0n) is 11.9. The molecule has 3 rings (SSSR count). The zero-order chi connectivity index (χ0) is 14.8. The summed E-state index contributed by atoms with van der Waals surface area (Å²) in [7, 11) is 0. The van der Waals surface area contributed by atoms with Gasteiger partial charge < -0.3 is 5.32 Å². The van der Waals surface area contributed by atoms with Crippen molar-refractivity contribution < 1.29 is 4.39 Å². The number of rotatable bonds is 2. The van der Waals surface area contributed by atoms with E-state index in [0.29, 0.717) is 17.1 Å². The highest BCUT2D eigenvalue weighted by Gasteiger charge is 2.15. The monoisotopic (exact) mass is 281 g/mol. The highest BCUT2D eigenvalue weighted by Crippen LogP contribution is 2.27. The van der Waals surface area contributed by atoms with Crippen LogP contribution in [-0.2, 0) is 12.8 Å². The van der Waals surface area contributed by atoms with Gasteiger partial charge >= 0.3 is 0 Å². The molecule has 1 aromatic heterocycles. The molecule has 106 valence electrons. The maximum atomic E-state index is 13.4. The normalized spacial score (nSPS) is 13.4. The van der Waals surface area contributed by atoms with Gasteiger partial charge in [0.25, 0.3) is 0 Å². The fourth-order valence-electron chi connectivity index (χ4n) is 2.67. The van der Waals surface area contributed by atoms with E-state index >= 15 is 0 Å². The molecule has 1 aromatic carbocycles. The van der Waals surface area contributed by atoms with E-state index in [4.69, 9.17) is 0 Å². The topological polar surface area (TPSA) is 48.7 Å². The van der Waals surface area contributed by atoms with Crippen molar-refractivity contribution in [2.75, 3.05) is 5.32 Å². The number of aryl methyl sites for hydroxylation is 3. The van der Waals surface area contributed by atoms with Crippen LogP contribution in [0, 0.1) is 24.1 Å². The molecule has 21 heavy (non-hydrogen) atoms. The van der Waals surface area contributed by atoms with Crippen molar-refractivity contribution in [2.45, 2.75) is 32.6 Å². The summed E-state index contributed by atoms with van der Waals surface area (Å²) in [4.78, 5) is 4.59. The van der Waals surface area contributed by atoms with Crippen LogP contribution < -0.4 is 5.32 Å². The fourth-order valence-corrected chi connectivity index (χ4v) is 2.67. The molecule has 0 radical (unpaired) electrons. The van der Waals surface area contributed by atoms with Gasteiger partial charge in [0.2, 0.25) is 0 Å². The Hall–Kier alpha value is -2.41. The Morgan fingerprint density at radius 3 is 2.86 bits per heavy atom. The molecular formula is C17H16FN3. The largest absolute Gasteiger partial charge is 0.339 e. The Bertz CT molecular complexity index is 732. The van der Waals surface area contributed by atoms with Gasteiger partial charge in [-0.1, -0.05) is 6.07 Å². The number of aromatic nitrogens is 1. The molecule has 0 spiro atoms. The van der Waals surface area contributed by atoms with Crippen molar-refractivity contribution >= 4 is 11.5 Å². The first-order chi connectivity index (χ1) is 10.2. The number of anilines is 2. The SMILES string of the molecule is Cc1ccc(F)cc1Nc1nc2c(cc1C#N)CCCC2. The number of nitrogens with one attached hydrogen (secondary N) is 1. The van der Waals surface area contributed by atoms with Crippen LogP contribution in [0.2, 0.25) is 0 Å². The van der Waals surface area contributed by atoms with Crippen LogP contribution in [0.1, 0.15) is 35.2 Å². The van der Waals surface area contributed by atoms with E-state index in [1.54, 1.807) is 6.07 Å². The number of nitriles is 1. The Morgan fingerprint density at radius 2 is 2.05 bits per heavy atom. The molecular weight excluding hydrogens is 265 g/mol. The van der Waals surface area contributed by atoms with Gasteiger partial charge in [-0.25, -0.2) is 9.37 Å². The van der Waals surface area contributed by atoms with Gasteiger partial charge in [0.15, 0.2) is 0 Å². The number of fused-ring (bicyclic) bond motifs is 1. The molecule has 1 N–H and O–H groups in total. The number of halogens is 1. The minimum Gasteiger partial charge on any atom is -0.339 e. The summed E-state index contributed by atoms with van der Waals surface area (Å²) < 4.78 is 13.4. The Balaban J connectivity index is 2.02. The van der Waals surface area contributed by atoms with Crippen molar-refractivity contribution in [3.63, 3.8) is 0 Å². The van der Waals surface area contributed by atoms with E-state index in [-0.39, 0.29) is 5.82 Å². The smallest absolute Gasteiger partial charge is 0.148 e. The van der Waals surface area contributed by atoms with Gasteiger partial charge in [-0.05, 0) is 61.9 Å². The molecule has 2 aromatic rings. The molecule has 4 heteroatoms. The van der Waals surface area contributed by atoms with E-state index in [1.165, 1.54) is 17.7 Å². The number of hydrogen-bond donors (Lipinski definition) is 1. The molecule has 3 nitrogen and oxygen atoms in total. The second-order valence-electron chi connectivity index (χ2n) is 5.39. The van der Waals surface area contributed by atoms with Crippen LogP contribution in [0.25, 0.3) is 0 Å². The fraction of sp³-hybridized carbons (Fsp3) is 0.294. The van der Waals surface area contributed by atoms with Gasteiger partial charge in [-0.3, -0.25) is 0 Å². The van der Waals surface area contributed by atoms with Crippen LogP contribution in [0.5, 0.6) is 0 Å².